The summed E-state index contributed by atoms with van der Waals surface area (Å²) >= 11 is 0. The van der Waals surface area contributed by atoms with Crippen LogP contribution in [0.15, 0.2) is 53.5 Å². The van der Waals surface area contributed by atoms with E-state index in [4.69, 9.17) is 0 Å². The van der Waals surface area contributed by atoms with E-state index in [9.17, 15) is 19.2 Å². The first-order valence-corrected chi connectivity index (χ1v) is 18.9. The van der Waals surface area contributed by atoms with Gasteiger partial charge in [-0.1, -0.05) is 24.3 Å². The molecular formula is C40H50N8O4. The molecule has 4 N–H and O–H groups in total. The van der Waals surface area contributed by atoms with Crippen molar-refractivity contribution >= 4 is 39.7 Å². The van der Waals surface area contributed by atoms with E-state index in [0.717, 1.165) is 70.6 Å². The van der Waals surface area contributed by atoms with Crippen LogP contribution < -0.4 is 16.2 Å². The lowest BCUT2D eigenvalue weighted by Crippen LogP contribution is -2.62. The number of likely N-dealkylation sites (N-methyl/N-ethyl adjacent to an activating group) is 1. The van der Waals surface area contributed by atoms with Gasteiger partial charge in [0.05, 0.1) is 17.3 Å². The van der Waals surface area contributed by atoms with Crippen molar-refractivity contribution in [3.8, 4) is 0 Å². The Kier molecular flexibility index (Phi) is 8.63. The highest BCUT2D eigenvalue weighted by Gasteiger charge is 2.53. The third kappa shape index (κ3) is 6.24. The zero-order chi connectivity index (χ0) is 36.3. The molecule has 3 aliphatic heterocycles. The van der Waals surface area contributed by atoms with Gasteiger partial charge in [0, 0.05) is 62.2 Å². The van der Waals surface area contributed by atoms with Crippen LogP contribution in [-0.4, -0.2) is 105 Å². The van der Waals surface area contributed by atoms with Gasteiger partial charge in [-0.25, -0.2) is 4.79 Å². The number of nitrogens with one attached hydrogen (secondary N) is 4. The molecule has 5 heterocycles. The summed E-state index contributed by atoms with van der Waals surface area (Å²) in [6.07, 6.45) is 7.88. The van der Waals surface area contributed by atoms with Crippen LogP contribution in [0.4, 0.5) is 4.79 Å². The standard InChI is InChI=1S/C40H50N8O4/c1-26-20-27(21-30-24-42-45-33(26)30)23-38(2,35(50)48-19-14-39(25-48)12-17-46(18-13-39)36(51)40(41-3)10-11-40)44-37(52)47-15-8-28(9-16-47)31-22-29-6-4-5-7-32(29)43-34(31)49/h4-7,20-22,24,28,41H,8-19,23,25H2,1-3H3,(H,42,45)(H,43,49)(H,44,52). The fraction of sp³-hybridized carbons (Fsp3) is 0.525. The second kappa shape index (κ2) is 13.1. The number of piperidine rings is 2. The molecule has 2 aromatic carbocycles. The van der Waals surface area contributed by atoms with Gasteiger partial charge in [0.25, 0.3) is 5.56 Å². The van der Waals surface area contributed by atoms with Crippen molar-refractivity contribution in [2.24, 2.45) is 5.41 Å². The maximum atomic E-state index is 14.7. The smallest absolute Gasteiger partial charge is 0.318 e. The maximum absolute atomic E-state index is 14.7. The van der Waals surface area contributed by atoms with Crippen LogP contribution in [0.1, 0.15) is 74.5 Å². The van der Waals surface area contributed by atoms with E-state index in [1.807, 2.05) is 67.1 Å². The van der Waals surface area contributed by atoms with Crippen molar-refractivity contribution in [1.29, 1.82) is 0 Å². The number of benzene rings is 2. The van der Waals surface area contributed by atoms with Gasteiger partial charge in [-0.15, -0.1) is 0 Å². The van der Waals surface area contributed by atoms with E-state index in [1.54, 1.807) is 11.1 Å². The highest BCUT2D eigenvalue weighted by atomic mass is 16.2. The molecular weight excluding hydrogens is 656 g/mol. The predicted molar refractivity (Wildman–Crippen MR) is 200 cm³/mol. The Hall–Kier alpha value is -4.71. The van der Waals surface area contributed by atoms with Gasteiger partial charge >= 0.3 is 6.03 Å². The van der Waals surface area contributed by atoms with Gasteiger partial charge in [0.15, 0.2) is 0 Å². The third-order valence-corrected chi connectivity index (χ3v) is 12.7. The molecule has 1 spiro atoms. The lowest BCUT2D eigenvalue weighted by atomic mass is 9.77. The molecule has 1 aliphatic carbocycles. The molecule has 4 aromatic rings. The molecule has 3 saturated heterocycles. The van der Waals surface area contributed by atoms with Gasteiger partial charge in [0.1, 0.15) is 5.54 Å². The topological polar surface area (TPSA) is 147 Å². The number of carbonyl (C=O) groups excluding carboxylic acids is 3. The van der Waals surface area contributed by atoms with Crippen LogP contribution in [0, 0.1) is 12.3 Å². The van der Waals surface area contributed by atoms with Crippen LogP contribution in [0.5, 0.6) is 0 Å². The van der Waals surface area contributed by atoms with Crippen molar-refractivity contribution in [2.45, 2.75) is 82.2 Å². The zero-order valence-electron chi connectivity index (χ0n) is 30.5. The Labute approximate surface area is 303 Å². The van der Waals surface area contributed by atoms with Crippen molar-refractivity contribution in [1.82, 2.24) is 40.5 Å². The number of carbonyl (C=O) groups is 3. The molecule has 4 aliphatic rings. The van der Waals surface area contributed by atoms with E-state index in [-0.39, 0.29) is 40.3 Å². The van der Waals surface area contributed by atoms with E-state index in [0.29, 0.717) is 58.5 Å². The third-order valence-electron chi connectivity index (χ3n) is 12.7. The lowest BCUT2D eigenvalue weighted by Gasteiger charge is -2.41. The minimum absolute atomic E-state index is 0.0253. The number of amides is 4. The Balaban J connectivity index is 0.975. The zero-order valence-corrected chi connectivity index (χ0v) is 30.5. The summed E-state index contributed by atoms with van der Waals surface area (Å²) in [5.41, 5.74) is 2.86. The summed E-state index contributed by atoms with van der Waals surface area (Å²) in [5.74, 6) is 0.181. The average Bonchev–Trinajstić information content (AvgIpc) is 3.62. The number of hydrogen-bond donors (Lipinski definition) is 4. The summed E-state index contributed by atoms with van der Waals surface area (Å²) in [4.78, 5) is 63.8. The molecule has 8 rings (SSSR count). The second-order valence-corrected chi connectivity index (χ2v) is 16.2. The van der Waals surface area contributed by atoms with Crippen molar-refractivity contribution in [3.63, 3.8) is 0 Å². The normalized spacial score (nSPS) is 21.1. The number of urea groups is 1. The molecule has 2 aromatic heterocycles. The number of pyridine rings is 1. The second-order valence-electron chi connectivity index (χ2n) is 16.2. The van der Waals surface area contributed by atoms with Gasteiger partial charge in [-0.2, -0.15) is 5.10 Å². The van der Waals surface area contributed by atoms with Gasteiger partial charge in [0.2, 0.25) is 11.8 Å². The number of likely N-dealkylation sites (tertiary alicyclic amines) is 3. The molecule has 274 valence electrons. The number of H-pyrrole nitrogens is 2. The summed E-state index contributed by atoms with van der Waals surface area (Å²) in [7, 11) is 1.87. The first-order valence-electron chi connectivity index (χ1n) is 18.9. The van der Waals surface area contributed by atoms with Crippen LogP contribution in [0.3, 0.4) is 0 Å². The summed E-state index contributed by atoms with van der Waals surface area (Å²) in [6, 6.07) is 13.6. The van der Waals surface area contributed by atoms with E-state index >= 15 is 0 Å². The van der Waals surface area contributed by atoms with E-state index < -0.39 is 5.54 Å². The number of nitrogens with zero attached hydrogens (tertiary/aromatic N) is 4. The van der Waals surface area contributed by atoms with Gasteiger partial charge < -0.3 is 30.3 Å². The van der Waals surface area contributed by atoms with Gasteiger partial charge in [-0.3, -0.25) is 19.5 Å². The minimum atomic E-state index is -1.19. The molecule has 12 nitrogen and oxygen atoms in total. The molecule has 1 saturated carbocycles. The van der Waals surface area contributed by atoms with Crippen molar-refractivity contribution in [2.75, 3.05) is 46.3 Å². The predicted octanol–water partition coefficient (Wildman–Crippen LogP) is 4.20. The number of rotatable bonds is 7. The Bertz CT molecular complexity index is 2090. The quantitative estimate of drug-likeness (QED) is 0.227. The first kappa shape index (κ1) is 34.4. The number of aromatic nitrogens is 3. The Morgan fingerprint density at radius 1 is 0.923 bits per heavy atom. The van der Waals surface area contributed by atoms with Gasteiger partial charge in [-0.05, 0) is 112 Å². The van der Waals surface area contributed by atoms with Crippen molar-refractivity contribution < 1.29 is 14.4 Å². The molecule has 1 unspecified atom stereocenters. The van der Waals surface area contributed by atoms with Crippen LogP contribution in [-0.2, 0) is 16.0 Å². The highest BCUT2D eigenvalue weighted by Crippen LogP contribution is 2.44. The lowest BCUT2D eigenvalue weighted by molar-refractivity contribution is -0.139. The van der Waals surface area contributed by atoms with Crippen molar-refractivity contribution in [3.05, 3.63) is 75.7 Å². The molecule has 12 heteroatoms. The maximum Gasteiger partial charge on any atom is 0.318 e. The number of aromatic amines is 2. The molecule has 4 fully saturated rings. The largest absolute Gasteiger partial charge is 0.341 e. The number of hydrogen-bond acceptors (Lipinski definition) is 6. The highest BCUT2D eigenvalue weighted by molar-refractivity contribution is 5.92. The minimum Gasteiger partial charge on any atom is -0.341 e. The summed E-state index contributed by atoms with van der Waals surface area (Å²) in [6.45, 7) is 7.55. The summed E-state index contributed by atoms with van der Waals surface area (Å²) < 4.78 is 0. The fourth-order valence-electron chi connectivity index (χ4n) is 9.22. The number of para-hydroxylation sites is 1. The Morgan fingerprint density at radius 3 is 2.35 bits per heavy atom. The summed E-state index contributed by atoms with van der Waals surface area (Å²) in [5, 5.41) is 15.7. The average molecular weight is 707 g/mol. The molecule has 4 amide bonds. The van der Waals surface area contributed by atoms with Crippen LogP contribution in [0.25, 0.3) is 21.8 Å². The van der Waals surface area contributed by atoms with E-state index in [1.165, 1.54) is 0 Å². The number of fused-ring (bicyclic) bond motifs is 2. The number of aryl methyl sites for hydroxylation is 1. The molecule has 0 bridgehead atoms. The monoisotopic (exact) mass is 706 g/mol. The van der Waals surface area contributed by atoms with Crippen LogP contribution in [0.2, 0.25) is 0 Å². The fourth-order valence-corrected chi connectivity index (χ4v) is 9.22. The Morgan fingerprint density at radius 2 is 1.63 bits per heavy atom. The van der Waals surface area contributed by atoms with E-state index in [2.05, 4.69) is 31.9 Å². The first-order chi connectivity index (χ1) is 25.0. The van der Waals surface area contributed by atoms with Crippen LogP contribution >= 0.6 is 0 Å². The molecule has 1 atom stereocenters. The molecule has 52 heavy (non-hydrogen) atoms. The molecule has 0 radical (unpaired) electrons. The SMILES string of the molecule is CNC1(C(=O)N2CCC3(CCN(C(=O)C(C)(Cc4cc(C)c5[nH]ncc5c4)NC(=O)N4CCC(c5cc6ccccc6[nH]c5=O)CC4)C3)CC2)CC1.